The van der Waals surface area contributed by atoms with E-state index in [1.165, 1.54) is 19.3 Å². The summed E-state index contributed by atoms with van der Waals surface area (Å²) < 4.78 is 67.7. The summed E-state index contributed by atoms with van der Waals surface area (Å²) in [6.45, 7) is 3.73. The molecule has 5 rings (SSSR count). The van der Waals surface area contributed by atoms with E-state index >= 15 is 0 Å². The number of halogens is 4. The number of pyridine rings is 1. The van der Waals surface area contributed by atoms with Gasteiger partial charge in [-0.15, -0.1) is 0 Å². The Morgan fingerprint density at radius 1 is 1.12 bits per heavy atom. The van der Waals surface area contributed by atoms with Crippen LogP contribution < -0.4 is 10.1 Å². The van der Waals surface area contributed by atoms with Gasteiger partial charge in [0, 0.05) is 16.7 Å². The molecule has 2 aromatic heterocycles. The number of benzene rings is 1. The van der Waals surface area contributed by atoms with Crippen LogP contribution in [-0.2, 0) is 10.2 Å². The van der Waals surface area contributed by atoms with Crippen molar-refractivity contribution in [3.05, 3.63) is 53.1 Å². The van der Waals surface area contributed by atoms with E-state index in [-0.39, 0.29) is 28.8 Å². The van der Waals surface area contributed by atoms with Crippen molar-refractivity contribution >= 4 is 16.9 Å². The van der Waals surface area contributed by atoms with E-state index in [0.29, 0.717) is 42.8 Å². The maximum Gasteiger partial charge on any atom is 0.248 e. The average Bonchev–Trinajstić information content (AvgIpc) is 3.58. The highest BCUT2D eigenvalue weighted by molar-refractivity contribution is 5.88. The smallest absolute Gasteiger partial charge is 0.248 e. The SMILES string of the molecule is CC(F)c1cccc([C@@H](C)Nc2ncnc3nc(OC4COC4)c(C4(C(F)F)CC4)cc23)c1F. The van der Waals surface area contributed by atoms with Gasteiger partial charge in [0.25, 0.3) is 0 Å². The number of rotatable bonds is 8. The number of ether oxygens (including phenoxy) is 2. The van der Waals surface area contributed by atoms with Gasteiger partial charge < -0.3 is 14.8 Å². The minimum atomic E-state index is -2.58. The maximum absolute atomic E-state index is 14.9. The Hall–Kier alpha value is -3.01. The second-order valence-electron chi connectivity index (χ2n) is 8.90. The molecule has 1 saturated carbocycles. The minimum Gasteiger partial charge on any atom is -0.469 e. The molecule has 2 fully saturated rings. The minimum absolute atomic E-state index is 0.0305. The second kappa shape index (κ2) is 8.65. The zero-order valence-electron chi connectivity index (χ0n) is 18.7. The fourth-order valence-electron chi connectivity index (χ4n) is 4.20. The number of anilines is 1. The lowest BCUT2D eigenvalue weighted by Gasteiger charge is -2.28. The van der Waals surface area contributed by atoms with E-state index < -0.39 is 29.9 Å². The summed E-state index contributed by atoms with van der Waals surface area (Å²) in [5, 5.41) is 3.54. The van der Waals surface area contributed by atoms with Gasteiger partial charge in [-0.05, 0) is 32.8 Å². The molecule has 1 unspecified atom stereocenters. The van der Waals surface area contributed by atoms with Gasteiger partial charge in [0.05, 0.1) is 30.1 Å². The number of hydrogen-bond donors (Lipinski definition) is 1. The predicted octanol–water partition coefficient (Wildman–Crippen LogP) is 5.44. The first-order valence-electron chi connectivity index (χ1n) is 11.2. The summed E-state index contributed by atoms with van der Waals surface area (Å²) in [6, 6.07) is 5.57. The van der Waals surface area contributed by atoms with Crippen molar-refractivity contribution in [1.82, 2.24) is 15.0 Å². The van der Waals surface area contributed by atoms with Gasteiger partial charge in [-0.25, -0.2) is 27.5 Å². The standard InChI is InChI=1S/C24H24F4N4O2/c1-12(25)15-4-3-5-16(19(15)26)13(2)31-20-17-8-18(24(6-7-24)23(27)28)22(34-14-9-33-10-14)32-21(17)30-11-29-20/h3-5,8,11-14,23H,6-7,9-10H2,1-2H3,(H,29,30,31,32)/t12?,13-/m1/s1. The van der Waals surface area contributed by atoms with Gasteiger partial charge in [-0.2, -0.15) is 4.98 Å². The number of fused-ring (bicyclic) bond motifs is 1. The molecule has 0 spiro atoms. The van der Waals surface area contributed by atoms with Gasteiger partial charge >= 0.3 is 0 Å². The molecule has 1 aliphatic heterocycles. The Labute approximate surface area is 193 Å². The zero-order valence-corrected chi connectivity index (χ0v) is 18.7. The molecule has 1 saturated heterocycles. The van der Waals surface area contributed by atoms with Crippen molar-refractivity contribution in [3.63, 3.8) is 0 Å². The molecule has 2 atom stereocenters. The summed E-state index contributed by atoms with van der Waals surface area (Å²) in [6.07, 6.45) is -2.35. The first-order chi connectivity index (χ1) is 16.3. The Kier molecular flexibility index (Phi) is 5.79. The van der Waals surface area contributed by atoms with Crippen LogP contribution in [0.3, 0.4) is 0 Å². The molecule has 2 aliphatic rings. The topological polar surface area (TPSA) is 69.2 Å². The summed E-state index contributed by atoms with van der Waals surface area (Å²) in [5.74, 6) is -0.192. The molecule has 34 heavy (non-hydrogen) atoms. The molecule has 0 amide bonds. The number of aromatic nitrogens is 3. The Balaban J connectivity index is 1.54. The Morgan fingerprint density at radius 3 is 2.47 bits per heavy atom. The highest BCUT2D eigenvalue weighted by Gasteiger charge is 2.55. The fraction of sp³-hybridized carbons (Fsp3) is 0.458. The van der Waals surface area contributed by atoms with Crippen molar-refractivity contribution in [2.75, 3.05) is 18.5 Å². The van der Waals surface area contributed by atoms with Gasteiger partial charge in [-0.1, -0.05) is 18.2 Å². The molecule has 1 aromatic carbocycles. The highest BCUT2D eigenvalue weighted by Crippen LogP contribution is 2.55. The normalized spacial score (nSPS) is 19.0. The van der Waals surface area contributed by atoms with Crippen LogP contribution in [0.1, 0.15) is 55.6 Å². The summed E-state index contributed by atoms with van der Waals surface area (Å²) in [5.41, 5.74) is -0.514. The van der Waals surface area contributed by atoms with Crippen LogP contribution in [0, 0.1) is 5.82 Å². The number of hydrogen-bond acceptors (Lipinski definition) is 6. The maximum atomic E-state index is 14.9. The molecule has 1 aliphatic carbocycles. The van der Waals surface area contributed by atoms with Gasteiger partial charge in [0.15, 0.2) is 5.65 Å². The lowest BCUT2D eigenvalue weighted by Crippen LogP contribution is -2.39. The van der Waals surface area contributed by atoms with Crippen molar-refractivity contribution in [2.45, 2.75) is 56.8 Å². The van der Waals surface area contributed by atoms with E-state index in [1.54, 1.807) is 25.1 Å². The lowest BCUT2D eigenvalue weighted by molar-refractivity contribution is -0.0820. The largest absolute Gasteiger partial charge is 0.469 e. The molecule has 10 heteroatoms. The van der Waals surface area contributed by atoms with E-state index in [4.69, 9.17) is 9.47 Å². The van der Waals surface area contributed by atoms with Gasteiger partial charge in [0.1, 0.15) is 30.2 Å². The quantitative estimate of drug-likeness (QED) is 0.437. The van der Waals surface area contributed by atoms with E-state index in [1.807, 2.05) is 0 Å². The van der Waals surface area contributed by atoms with E-state index in [0.717, 1.165) is 0 Å². The van der Waals surface area contributed by atoms with Crippen molar-refractivity contribution in [3.8, 4) is 5.88 Å². The number of nitrogens with one attached hydrogen (secondary N) is 1. The first kappa shape index (κ1) is 22.8. The molecule has 1 N–H and O–H groups in total. The molecular weight excluding hydrogens is 452 g/mol. The van der Waals surface area contributed by atoms with E-state index in [9.17, 15) is 17.6 Å². The summed E-state index contributed by atoms with van der Waals surface area (Å²) in [7, 11) is 0. The van der Waals surface area contributed by atoms with Crippen molar-refractivity contribution < 1.29 is 27.0 Å². The third kappa shape index (κ3) is 3.93. The molecular formula is C24H24F4N4O2. The van der Waals surface area contributed by atoms with Crippen LogP contribution in [-0.4, -0.2) is 40.7 Å². The fourth-order valence-corrected chi connectivity index (χ4v) is 4.20. The lowest BCUT2D eigenvalue weighted by atomic mass is 9.96. The first-order valence-corrected chi connectivity index (χ1v) is 11.2. The molecule has 3 heterocycles. The zero-order chi connectivity index (χ0) is 24.0. The molecule has 0 bridgehead atoms. The number of nitrogens with zero attached hydrogens (tertiary/aromatic N) is 3. The average molecular weight is 476 g/mol. The van der Waals surface area contributed by atoms with E-state index in [2.05, 4.69) is 20.3 Å². The molecule has 6 nitrogen and oxygen atoms in total. The molecule has 0 radical (unpaired) electrons. The molecule has 180 valence electrons. The third-order valence-electron chi connectivity index (χ3n) is 6.52. The van der Waals surface area contributed by atoms with Gasteiger partial charge in [-0.3, -0.25) is 0 Å². The van der Waals surface area contributed by atoms with Crippen LogP contribution in [0.25, 0.3) is 11.0 Å². The third-order valence-corrected chi connectivity index (χ3v) is 6.52. The Morgan fingerprint density at radius 2 is 1.85 bits per heavy atom. The number of alkyl halides is 3. The van der Waals surface area contributed by atoms with Crippen molar-refractivity contribution in [1.29, 1.82) is 0 Å². The van der Waals surface area contributed by atoms with Crippen molar-refractivity contribution in [2.24, 2.45) is 0 Å². The van der Waals surface area contributed by atoms with Crippen LogP contribution >= 0.6 is 0 Å². The monoisotopic (exact) mass is 476 g/mol. The molecule has 3 aromatic rings. The van der Waals surface area contributed by atoms with Crippen LogP contribution in [0.2, 0.25) is 0 Å². The predicted molar refractivity (Wildman–Crippen MR) is 117 cm³/mol. The van der Waals surface area contributed by atoms with Gasteiger partial charge in [0.2, 0.25) is 12.3 Å². The Bertz CT molecular complexity index is 1220. The highest BCUT2D eigenvalue weighted by atomic mass is 19.3. The van der Waals surface area contributed by atoms with Crippen LogP contribution in [0.5, 0.6) is 5.88 Å². The summed E-state index contributed by atoms with van der Waals surface area (Å²) in [4.78, 5) is 12.9. The summed E-state index contributed by atoms with van der Waals surface area (Å²) >= 11 is 0. The van der Waals surface area contributed by atoms with Crippen LogP contribution in [0.4, 0.5) is 23.4 Å². The second-order valence-corrected chi connectivity index (χ2v) is 8.90. The van der Waals surface area contributed by atoms with Crippen LogP contribution in [0.15, 0.2) is 30.6 Å².